The largest absolute Gasteiger partial charge is 0.409 e. The summed E-state index contributed by atoms with van der Waals surface area (Å²) >= 11 is 0. The second-order valence-corrected chi connectivity index (χ2v) is 4.62. The van der Waals surface area contributed by atoms with Crippen LogP contribution < -0.4 is 15.8 Å². The Kier molecular flexibility index (Phi) is 6.17. The first kappa shape index (κ1) is 13.1. The van der Waals surface area contributed by atoms with Gasteiger partial charge >= 0.3 is 0 Å². The van der Waals surface area contributed by atoms with Crippen LogP contribution in [0.15, 0.2) is 5.16 Å². The molecule has 0 radical (unpaired) electrons. The summed E-state index contributed by atoms with van der Waals surface area (Å²) in [6.45, 7) is 1.26. The Labute approximate surface area is 83.4 Å². The topological polar surface area (TPSA) is 117 Å². The van der Waals surface area contributed by atoms with Gasteiger partial charge < -0.3 is 16.3 Å². The van der Waals surface area contributed by atoms with E-state index < -0.39 is 10.0 Å². The van der Waals surface area contributed by atoms with Gasteiger partial charge in [-0.15, -0.1) is 0 Å². The molecule has 0 aromatic rings. The van der Waals surface area contributed by atoms with Crippen LogP contribution in [-0.2, 0) is 10.0 Å². The smallest absolute Gasteiger partial charge is 0.208 e. The second-order valence-electron chi connectivity index (χ2n) is 2.79. The third-order valence-electron chi connectivity index (χ3n) is 1.33. The molecular formula is C6H16N4O3S. The number of nitrogens with one attached hydrogen (secondary N) is 2. The minimum Gasteiger partial charge on any atom is -0.409 e. The van der Waals surface area contributed by atoms with Crippen molar-refractivity contribution >= 4 is 15.9 Å². The number of nitrogens with two attached hydrogens (primary N) is 1. The predicted molar refractivity (Wildman–Crippen MR) is 53.7 cm³/mol. The minimum absolute atomic E-state index is 0.0982. The van der Waals surface area contributed by atoms with Crippen LogP contribution in [-0.4, -0.2) is 45.4 Å². The lowest BCUT2D eigenvalue weighted by atomic mass is 10.4. The molecule has 7 nitrogen and oxygen atoms in total. The van der Waals surface area contributed by atoms with Gasteiger partial charge in [0.05, 0.1) is 12.8 Å². The summed E-state index contributed by atoms with van der Waals surface area (Å²) in [5.74, 6) is 0.0982. The minimum atomic E-state index is -3.10. The van der Waals surface area contributed by atoms with Crippen LogP contribution in [0.2, 0.25) is 0 Å². The van der Waals surface area contributed by atoms with Gasteiger partial charge in [0, 0.05) is 6.54 Å². The van der Waals surface area contributed by atoms with Crippen LogP contribution in [0.1, 0.15) is 6.42 Å². The molecule has 84 valence electrons. The zero-order valence-electron chi connectivity index (χ0n) is 8.02. The Hall–Kier alpha value is -0.860. The van der Waals surface area contributed by atoms with Crippen molar-refractivity contribution in [3.05, 3.63) is 0 Å². The Morgan fingerprint density at radius 1 is 1.50 bits per heavy atom. The summed E-state index contributed by atoms with van der Waals surface area (Å²) in [4.78, 5) is 0. The fourth-order valence-corrected chi connectivity index (χ4v) is 1.24. The molecular weight excluding hydrogens is 208 g/mol. The van der Waals surface area contributed by atoms with Gasteiger partial charge in [0.1, 0.15) is 0 Å². The van der Waals surface area contributed by atoms with Gasteiger partial charge in [-0.25, -0.2) is 13.1 Å². The Morgan fingerprint density at radius 3 is 2.64 bits per heavy atom. The van der Waals surface area contributed by atoms with Crippen molar-refractivity contribution in [2.45, 2.75) is 6.42 Å². The van der Waals surface area contributed by atoms with E-state index in [9.17, 15) is 8.42 Å². The van der Waals surface area contributed by atoms with Gasteiger partial charge in [0.2, 0.25) is 10.0 Å². The molecule has 0 saturated heterocycles. The van der Waals surface area contributed by atoms with Crippen LogP contribution in [0, 0.1) is 0 Å². The molecule has 0 fully saturated rings. The zero-order valence-corrected chi connectivity index (χ0v) is 8.84. The molecule has 14 heavy (non-hydrogen) atoms. The van der Waals surface area contributed by atoms with E-state index in [1.807, 2.05) is 0 Å². The molecule has 0 amide bonds. The molecule has 0 aliphatic heterocycles. The van der Waals surface area contributed by atoms with Crippen LogP contribution >= 0.6 is 0 Å². The molecule has 0 bridgehead atoms. The average Bonchev–Trinajstić information content (AvgIpc) is 2.08. The fraction of sp³-hybridized carbons (Fsp3) is 0.833. The molecule has 5 N–H and O–H groups in total. The highest BCUT2D eigenvalue weighted by Gasteiger charge is 1.98. The molecule has 0 aromatic heterocycles. The van der Waals surface area contributed by atoms with E-state index in [4.69, 9.17) is 10.9 Å². The first-order valence-corrected chi connectivity index (χ1v) is 5.96. The van der Waals surface area contributed by atoms with E-state index in [2.05, 4.69) is 15.2 Å². The van der Waals surface area contributed by atoms with Crippen LogP contribution in [0.4, 0.5) is 0 Å². The number of amidine groups is 1. The van der Waals surface area contributed by atoms with Crippen molar-refractivity contribution in [3.63, 3.8) is 0 Å². The van der Waals surface area contributed by atoms with Crippen LogP contribution in [0.3, 0.4) is 0 Å². The first-order valence-electron chi connectivity index (χ1n) is 4.07. The van der Waals surface area contributed by atoms with Gasteiger partial charge in [-0.2, -0.15) is 0 Å². The van der Waals surface area contributed by atoms with Crippen molar-refractivity contribution in [3.8, 4) is 0 Å². The maximum absolute atomic E-state index is 10.6. The fourth-order valence-electron chi connectivity index (χ4n) is 0.723. The molecule has 8 heteroatoms. The molecule has 0 aliphatic rings. The van der Waals surface area contributed by atoms with Crippen LogP contribution in [0.25, 0.3) is 0 Å². The highest BCUT2D eigenvalue weighted by atomic mass is 32.2. The lowest BCUT2D eigenvalue weighted by molar-refractivity contribution is 0.317. The van der Waals surface area contributed by atoms with Crippen molar-refractivity contribution in [1.29, 1.82) is 0 Å². The summed E-state index contributed by atoms with van der Waals surface area (Å²) in [7, 11) is -3.10. The summed E-state index contributed by atoms with van der Waals surface area (Å²) in [5, 5.41) is 13.8. The molecule has 0 heterocycles. The van der Waals surface area contributed by atoms with Gasteiger partial charge in [-0.05, 0) is 13.0 Å². The van der Waals surface area contributed by atoms with E-state index >= 15 is 0 Å². The van der Waals surface area contributed by atoms with Crippen molar-refractivity contribution in [2.24, 2.45) is 10.9 Å². The standard InChI is InChI=1S/C6H16N4O3S/c1-14(12,13)9-4-2-3-8-5-6(7)10-11/h8-9,11H,2-5H2,1H3,(H2,7,10). The van der Waals surface area contributed by atoms with Gasteiger partial charge in [0.25, 0.3) is 0 Å². The molecule has 0 aliphatic carbocycles. The number of hydrogen-bond acceptors (Lipinski definition) is 5. The maximum Gasteiger partial charge on any atom is 0.208 e. The first-order chi connectivity index (χ1) is 6.45. The Morgan fingerprint density at radius 2 is 2.14 bits per heavy atom. The van der Waals surface area contributed by atoms with Gasteiger partial charge in [-0.3, -0.25) is 0 Å². The summed E-state index contributed by atoms with van der Waals surface area (Å²) < 4.78 is 23.6. The molecule has 0 unspecified atom stereocenters. The molecule has 0 spiro atoms. The quantitative estimate of drug-likeness (QED) is 0.135. The molecule has 0 aromatic carbocycles. The van der Waals surface area contributed by atoms with E-state index in [1.54, 1.807) is 0 Å². The highest BCUT2D eigenvalue weighted by molar-refractivity contribution is 7.88. The van der Waals surface area contributed by atoms with E-state index in [1.165, 1.54) is 0 Å². The number of nitrogens with zero attached hydrogens (tertiary/aromatic N) is 1. The van der Waals surface area contributed by atoms with Crippen molar-refractivity contribution < 1.29 is 13.6 Å². The molecule has 0 rings (SSSR count). The third kappa shape index (κ3) is 9.23. The highest BCUT2D eigenvalue weighted by Crippen LogP contribution is 1.77. The molecule has 0 saturated carbocycles. The zero-order chi connectivity index (χ0) is 11.0. The second kappa shape index (κ2) is 6.57. The summed E-state index contributed by atoms with van der Waals surface area (Å²) in [5.41, 5.74) is 5.18. The van der Waals surface area contributed by atoms with Gasteiger partial charge in [0.15, 0.2) is 5.84 Å². The SMILES string of the molecule is CS(=O)(=O)NCCCNCC(N)=NO. The normalized spacial score (nSPS) is 13.1. The third-order valence-corrected chi connectivity index (χ3v) is 2.06. The summed E-state index contributed by atoms with van der Waals surface area (Å²) in [6.07, 6.45) is 1.75. The number of oxime groups is 1. The number of sulfonamides is 1. The van der Waals surface area contributed by atoms with Crippen molar-refractivity contribution in [1.82, 2.24) is 10.0 Å². The Balaban J connectivity index is 3.31. The monoisotopic (exact) mass is 224 g/mol. The average molecular weight is 224 g/mol. The maximum atomic E-state index is 10.6. The lowest BCUT2D eigenvalue weighted by Gasteiger charge is -2.03. The predicted octanol–water partition coefficient (Wildman–Crippen LogP) is -1.74. The van der Waals surface area contributed by atoms with Gasteiger partial charge in [-0.1, -0.05) is 5.16 Å². The van der Waals surface area contributed by atoms with E-state index in [-0.39, 0.29) is 12.4 Å². The van der Waals surface area contributed by atoms with E-state index in [0.29, 0.717) is 19.5 Å². The number of rotatable bonds is 7. The van der Waals surface area contributed by atoms with Crippen molar-refractivity contribution in [2.75, 3.05) is 25.9 Å². The number of hydrogen-bond donors (Lipinski definition) is 4. The lowest BCUT2D eigenvalue weighted by Crippen LogP contribution is -2.31. The van der Waals surface area contributed by atoms with Crippen LogP contribution in [0.5, 0.6) is 0 Å². The summed E-state index contributed by atoms with van der Waals surface area (Å²) in [6, 6.07) is 0. The molecule has 0 atom stereocenters. The van der Waals surface area contributed by atoms with E-state index in [0.717, 1.165) is 6.26 Å². The Bertz CT molecular complexity index is 275.